The minimum atomic E-state index is 0.386. The Hall–Kier alpha value is -0.760. The molecule has 1 atom stereocenters. The van der Waals surface area contributed by atoms with Crippen LogP contribution in [-0.4, -0.2) is 24.7 Å². The van der Waals surface area contributed by atoms with Gasteiger partial charge in [0.2, 0.25) is 0 Å². The van der Waals surface area contributed by atoms with E-state index in [-0.39, 0.29) is 0 Å². The molecule has 1 unspecified atom stereocenters. The van der Waals surface area contributed by atoms with Gasteiger partial charge < -0.3 is 4.90 Å². The first-order chi connectivity index (χ1) is 6.74. The Morgan fingerprint density at radius 2 is 2.21 bits per heavy atom. The molecule has 0 spiro atoms. The summed E-state index contributed by atoms with van der Waals surface area (Å²) < 4.78 is 0. The van der Waals surface area contributed by atoms with Gasteiger partial charge in [-0.1, -0.05) is 25.3 Å². The third-order valence-electron chi connectivity index (χ3n) is 2.57. The van der Waals surface area contributed by atoms with Gasteiger partial charge in [0.25, 0.3) is 0 Å². The molecule has 1 heterocycles. The number of nitrogens with zero attached hydrogens (tertiary/aromatic N) is 1. The van der Waals surface area contributed by atoms with Crippen LogP contribution in [0.15, 0.2) is 23.9 Å². The molecule has 0 aromatic rings. The zero-order chi connectivity index (χ0) is 10.4. The average molecular weight is 194 g/mol. The first-order valence-corrected chi connectivity index (χ1v) is 5.56. The van der Waals surface area contributed by atoms with Crippen molar-refractivity contribution in [1.29, 1.82) is 0 Å². The van der Waals surface area contributed by atoms with E-state index < -0.39 is 0 Å². The lowest BCUT2D eigenvalue weighted by molar-refractivity contribution is 0.320. The van der Waals surface area contributed by atoms with E-state index in [1.54, 1.807) is 0 Å². The highest BCUT2D eigenvalue weighted by Gasteiger charge is 2.10. The molecule has 80 valence electrons. The Kier molecular flexibility index (Phi) is 4.74. The van der Waals surface area contributed by atoms with Crippen LogP contribution in [0.1, 0.15) is 33.1 Å². The Bertz CT molecular complexity index is 218. The van der Waals surface area contributed by atoms with Crippen LogP contribution in [0.2, 0.25) is 0 Å². The molecule has 0 radical (unpaired) electrons. The highest BCUT2D eigenvalue weighted by atomic mass is 15.2. The van der Waals surface area contributed by atoms with E-state index in [9.17, 15) is 0 Å². The van der Waals surface area contributed by atoms with Crippen molar-refractivity contribution in [2.75, 3.05) is 13.6 Å². The molecule has 0 saturated carbocycles. The van der Waals surface area contributed by atoms with E-state index in [1.165, 1.54) is 24.8 Å². The van der Waals surface area contributed by atoms with Crippen molar-refractivity contribution in [2.24, 2.45) is 0 Å². The standard InChI is InChI=1S/C12H22N2/c1-4-5-6-8-13-12-10-11(2)7-9-14(12)3/h7,9-10,12-13H,4-6,8H2,1-3H3. The molecule has 0 fully saturated rings. The lowest BCUT2D eigenvalue weighted by atomic mass is 10.2. The second-order valence-electron chi connectivity index (χ2n) is 4.00. The number of allylic oxidation sites excluding steroid dienone is 2. The predicted octanol–water partition coefficient (Wildman–Crippen LogP) is 2.50. The van der Waals surface area contributed by atoms with E-state index in [1.807, 2.05) is 0 Å². The predicted molar refractivity (Wildman–Crippen MR) is 62.0 cm³/mol. The maximum atomic E-state index is 3.53. The molecule has 0 saturated heterocycles. The highest BCUT2D eigenvalue weighted by molar-refractivity contribution is 5.22. The van der Waals surface area contributed by atoms with Gasteiger partial charge in [-0.05, 0) is 32.0 Å². The largest absolute Gasteiger partial charge is 0.362 e. The van der Waals surface area contributed by atoms with E-state index in [4.69, 9.17) is 0 Å². The lowest BCUT2D eigenvalue weighted by Gasteiger charge is -2.28. The second kappa shape index (κ2) is 5.86. The van der Waals surface area contributed by atoms with Gasteiger partial charge in [0, 0.05) is 13.2 Å². The summed E-state index contributed by atoms with van der Waals surface area (Å²) in [6.07, 6.45) is 10.8. The fourth-order valence-corrected chi connectivity index (χ4v) is 1.58. The molecule has 14 heavy (non-hydrogen) atoms. The first-order valence-electron chi connectivity index (χ1n) is 5.56. The van der Waals surface area contributed by atoms with Crippen molar-refractivity contribution in [3.63, 3.8) is 0 Å². The number of rotatable bonds is 5. The summed E-state index contributed by atoms with van der Waals surface area (Å²) in [5.74, 6) is 0. The van der Waals surface area contributed by atoms with Crippen LogP contribution < -0.4 is 5.32 Å². The molecule has 0 amide bonds. The summed E-state index contributed by atoms with van der Waals surface area (Å²) in [7, 11) is 2.11. The molecule has 2 nitrogen and oxygen atoms in total. The summed E-state index contributed by atoms with van der Waals surface area (Å²) in [5, 5.41) is 3.53. The Balaban J connectivity index is 2.26. The van der Waals surface area contributed by atoms with Gasteiger partial charge in [-0.15, -0.1) is 0 Å². The Labute approximate surface area is 87.7 Å². The quantitative estimate of drug-likeness (QED) is 0.676. The molecule has 0 bridgehead atoms. The van der Waals surface area contributed by atoms with Crippen LogP contribution in [0, 0.1) is 0 Å². The van der Waals surface area contributed by atoms with Crippen LogP contribution >= 0.6 is 0 Å². The van der Waals surface area contributed by atoms with Crippen molar-refractivity contribution < 1.29 is 0 Å². The lowest BCUT2D eigenvalue weighted by Crippen LogP contribution is -2.41. The van der Waals surface area contributed by atoms with Crippen LogP contribution in [0.3, 0.4) is 0 Å². The highest BCUT2D eigenvalue weighted by Crippen LogP contribution is 2.09. The molecule has 0 aliphatic carbocycles. The van der Waals surface area contributed by atoms with E-state index >= 15 is 0 Å². The number of unbranched alkanes of at least 4 members (excludes halogenated alkanes) is 2. The maximum absolute atomic E-state index is 3.53. The molecule has 1 aliphatic rings. The minimum Gasteiger partial charge on any atom is -0.362 e. The Morgan fingerprint density at radius 1 is 1.43 bits per heavy atom. The SMILES string of the molecule is CCCCCNC1C=C(C)C=CN1C. The van der Waals surface area contributed by atoms with Crippen molar-refractivity contribution in [3.05, 3.63) is 23.9 Å². The fourth-order valence-electron chi connectivity index (χ4n) is 1.58. The van der Waals surface area contributed by atoms with Crippen LogP contribution in [0.5, 0.6) is 0 Å². The monoisotopic (exact) mass is 194 g/mol. The average Bonchev–Trinajstić information content (AvgIpc) is 2.18. The Morgan fingerprint density at radius 3 is 2.93 bits per heavy atom. The third-order valence-corrected chi connectivity index (χ3v) is 2.57. The van der Waals surface area contributed by atoms with Crippen molar-refractivity contribution >= 4 is 0 Å². The molecular weight excluding hydrogens is 172 g/mol. The summed E-state index contributed by atoms with van der Waals surface area (Å²) in [6.45, 7) is 5.49. The van der Waals surface area contributed by atoms with Gasteiger partial charge in [0.05, 0.1) is 6.17 Å². The maximum Gasteiger partial charge on any atom is 0.0984 e. The van der Waals surface area contributed by atoms with Gasteiger partial charge >= 0.3 is 0 Å². The summed E-state index contributed by atoms with van der Waals surface area (Å²) >= 11 is 0. The molecule has 0 aromatic carbocycles. The van der Waals surface area contributed by atoms with Crippen LogP contribution in [-0.2, 0) is 0 Å². The van der Waals surface area contributed by atoms with Gasteiger partial charge in [-0.2, -0.15) is 0 Å². The zero-order valence-corrected chi connectivity index (χ0v) is 9.59. The van der Waals surface area contributed by atoms with Crippen LogP contribution in [0.25, 0.3) is 0 Å². The van der Waals surface area contributed by atoms with Gasteiger partial charge in [-0.25, -0.2) is 0 Å². The number of hydrogen-bond donors (Lipinski definition) is 1. The van der Waals surface area contributed by atoms with Gasteiger partial charge in [-0.3, -0.25) is 5.32 Å². The molecule has 1 N–H and O–H groups in total. The molecular formula is C12H22N2. The summed E-state index contributed by atoms with van der Waals surface area (Å²) in [4.78, 5) is 2.21. The van der Waals surface area contributed by atoms with Crippen LogP contribution in [0.4, 0.5) is 0 Å². The first kappa shape index (κ1) is 11.3. The molecule has 0 aromatic heterocycles. The number of likely N-dealkylation sites (N-methyl/N-ethyl adjacent to an activating group) is 1. The third kappa shape index (κ3) is 3.54. The number of nitrogens with one attached hydrogen (secondary N) is 1. The molecule has 1 aliphatic heterocycles. The second-order valence-corrected chi connectivity index (χ2v) is 4.00. The van der Waals surface area contributed by atoms with Crippen molar-refractivity contribution in [1.82, 2.24) is 10.2 Å². The fraction of sp³-hybridized carbons (Fsp3) is 0.667. The van der Waals surface area contributed by atoms with Crippen molar-refractivity contribution in [2.45, 2.75) is 39.3 Å². The van der Waals surface area contributed by atoms with Gasteiger partial charge in [0.15, 0.2) is 0 Å². The van der Waals surface area contributed by atoms with Gasteiger partial charge in [0.1, 0.15) is 0 Å². The summed E-state index contributed by atoms with van der Waals surface area (Å²) in [5.41, 5.74) is 1.34. The van der Waals surface area contributed by atoms with E-state index in [0.717, 1.165) is 6.54 Å². The van der Waals surface area contributed by atoms with Crippen molar-refractivity contribution in [3.8, 4) is 0 Å². The van der Waals surface area contributed by atoms with E-state index in [0.29, 0.717) is 6.17 Å². The molecule has 2 heteroatoms. The van der Waals surface area contributed by atoms with E-state index in [2.05, 4.69) is 49.5 Å². The molecule has 1 rings (SSSR count). The zero-order valence-electron chi connectivity index (χ0n) is 9.59. The smallest absolute Gasteiger partial charge is 0.0984 e. The topological polar surface area (TPSA) is 15.3 Å². The minimum absolute atomic E-state index is 0.386. The summed E-state index contributed by atoms with van der Waals surface area (Å²) in [6, 6.07) is 0. The number of hydrogen-bond acceptors (Lipinski definition) is 2. The normalized spacial score (nSPS) is 21.2.